The summed E-state index contributed by atoms with van der Waals surface area (Å²) in [5.74, 6) is 2.10. The first-order valence-electron chi connectivity index (χ1n) is 11.3. The predicted molar refractivity (Wildman–Crippen MR) is 137 cm³/mol. The van der Waals surface area contributed by atoms with Gasteiger partial charge in [0.05, 0.1) is 33.1 Å². The maximum Gasteiger partial charge on any atom is 0.322 e. The summed E-state index contributed by atoms with van der Waals surface area (Å²) in [7, 11) is 4.86. The summed E-state index contributed by atoms with van der Waals surface area (Å²) in [4.78, 5) is 19.0. The van der Waals surface area contributed by atoms with Gasteiger partial charge in [0, 0.05) is 28.2 Å². The summed E-state index contributed by atoms with van der Waals surface area (Å²) >= 11 is 6.19. The molecular weight excluding hydrogens is 466 g/mol. The zero-order chi connectivity index (χ0) is 24.5. The number of benzene rings is 3. The fraction of sp³-hybridized carbons (Fsp3) is 0.222. The Hall–Kier alpha value is -3.84. The smallest absolute Gasteiger partial charge is 0.322 e. The first kappa shape index (κ1) is 22.9. The Morgan fingerprint density at radius 2 is 1.71 bits per heavy atom. The van der Waals surface area contributed by atoms with Gasteiger partial charge in [-0.05, 0) is 66.1 Å². The van der Waals surface area contributed by atoms with Crippen molar-refractivity contribution in [3.8, 4) is 17.2 Å². The highest BCUT2D eigenvalue weighted by molar-refractivity contribution is 6.31. The maximum atomic E-state index is 13.6. The Kier molecular flexibility index (Phi) is 6.17. The van der Waals surface area contributed by atoms with Crippen LogP contribution in [0.3, 0.4) is 0 Å². The molecule has 0 unspecified atom stereocenters. The number of methoxy groups -OCH3 is 3. The number of anilines is 1. The number of fused-ring (bicyclic) bond motifs is 3. The van der Waals surface area contributed by atoms with Crippen LogP contribution in [-0.2, 0) is 6.42 Å². The lowest BCUT2D eigenvalue weighted by Gasteiger charge is -2.36. The summed E-state index contributed by atoms with van der Waals surface area (Å²) in [6.45, 7) is 0.530. The molecule has 7 nitrogen and oxygen atoms in total. The second-order valence-corrected chi connectivity index (χ2v) is 8.76. The zero-order valence-corrected chi connectivity index (χ0v) is 20.5. The molecule has 1 aliphatic heterocycles. The van der Waals surface area contributed by atoms with Crippen LogP contribution in [0.4, 0.5) is 10.5 Å². The first-order chi connectivity index (χ1) is 17.0. The van der Waals surface area contributed by atoms with Gasteiger partial charge in [0.2, 0.25) is 0 Å². The van der Waals surface area contributed by atoms with Crippen LogP contribution in [-0.4, -0.2) is 43.8 Å². The number of urea groups is 1. The summed E-state index contributed by atoms with van der Waals surface area (Å²) in [6.07, 6.45) is 0.704. The number of carbonyl (C=O) groups is 1. The molecule has 1 aromatic heterocycles. The lowest BCUT2D eigenvalue weighted by atomic mass is 9.92. The number of rotatable bonds is 5. The second kappa shape index (κ2) is 9.43. The predicted octanol–water partition coefficient (Wildman–Crippen LogP) is 6.03. The number of amides is 2. The first-order valence-corrected chi connectivity index (χ1v) is 11.6. The van der Waals surface area contributed by atoms with Crippen LogP contribution in [0.25, 0.3) is 10.9 Å². The molecule has 2 N–H and O–H groups in total. The van der Waals surface area contributed by atoms with Crippen molar-refractivity contribution in [3.05, 3.63) is 82.5 Å². The number of ether oxygens (including phenoxy) is 3. The molecule has 0 saturated heterocycles. The minimum Gasteiger partial charge on any atom is -0.497 e. The van der Waals surface area contributed by atoms with Gasteiger partial charge in [-0.15, -0.1) is 0 Å². The van der Waals surface area contributed by atoms with E-state index < -0.39 is 0 Å². The molecule has 0 fully saturated rings. The van der Waals surface area contributed by atoms with Crippen LogP contribution >= 0.6 is 11.6 Å². The van der Waals surface area contributed by atoms with E-state index >= 15 is 0 Å². The quantitative estimate of drug-likeness (QED) is 0.357. The topological polar surface area (TPSA) is 75.8 Å². The molecule has 3 aromatic carbocycles. The highest BCUT2D eigenvalue weighted by Crippen LogP contribution is 2.40. The third kappa shape index (κ3) is 4.23. The van der Waals surface area contributed by atoms with E-state index in [1.165, 1.54) is 5.56 Å². The van der Waals surface area contributed by atoms with Crippen molar-refractivity contribution in [2.75, 3.05) is 33.2 Å². The van der Waals surface area contributed by atoms with Gasteiger partial charge in [-0.25, -0.2) is 4.79 Å². The number of aromatic amines is 1. The van der Waals surface area contributed by atoms with E-state index in [1.54, 1.807) is 39.5 Å². The number of carbonyl (C=O) groups excluding carboxylic acids is 1. The van der Waals surface area contributed by atoms with Crippen molar-refractivity contribution >= 4 is 34.2 Å². The van der Waals surface area contributed by atoms with Crippen molar-refractivity contribution in [3.63, 3.8) is 0 Å². The Morgan fingerprint density at radius 1 is 0.971 bits per heavy atom. The average Bonchev–Trinajstić information content (AvgIpc) is 3.26. The molecule has 4 aromatic rings. The number of hydrogen-bond donors (Lipinski definition) is 2. The van der Waals surface area contributed by atoms with E-state index in [0.717, 1.165) is 33.7 Å². The SMILES string of the molecule is COc1ccc([C@@H]2c3[nH]c4ccc(OC)cc4c3CCN2C(=O)Nc2cc(Cl)ccc2OC)cc1. The third-order valence-electron chi connectivity index (χ3n) is 6.43. The van der Waals surface area contributed by atoms with E-state index in [-0.39, 0.29) is 12.1 Å². The molecule has 35 heavy (non-hydrogen) atoms. The summed E-state index contributed by atoms with van der Waals surface area (Å²) in [5.41, 5.74) is 4.67. The molecule has 180 valence electrons. The number of nitrogens with zero attached hydrogens (tertiary/aromatic N) is 1. The number of H-pyrrole nitrogens is 1. The van der Waals surface area contributed by atoms with Gasteiger partial charge in [-0.2, -0.15) is 0 Å². The van der Waals surface area contributed by atoms with Gasteiger partial charge in [0.1, 0.15) is 17.2 Å². The van der Waals surface area contributed by atoms with Crippen LogP contribution in [0.15, 0.2) is 60.7 Å². The molecule has 0 radical (unpaired) electrons. The largest absolute Gasteiger partial charge is 0.497 e. The van der Waals surface area contributed by atoms with Gasteiger partial charge in [-0.3, -0.25) is 0 Å². The number of aromatic nitrogens is 1. The van der Waals surface area contributed by atoms with Crippen LogP contribution in [0, 0.1) is 0 Å². The molecule has 2 heterocycles. The molecule has 0 aliphatic carbocycles. The number of halogens is 1. The molecule has 8 heteroatoms. The fourth-order valence-electron chi connectivity index (χ4n) is 4.71. The highest BCUT2D eigenvalue weighted by atomic mass is 35.5. The fourth-order valence-corrected chi connectivity index (χ4v) is 4.88. The summed E-state index contributed by atoms with van der Waals surface area (Å²) in [6, 6.07) is 18.4. The standard InChI is InChI=1S/C27H26ClN3O4/c1-33-18-7-4-16(5-8-18)26-25-20(21-15-19(34-2)9-10-22(21)29-25)12-13-31(26)27(32)30-23-14-17(28)6-11-24(23)35-3/h4-11,14-15,26,29H,12-13H2,1-3H3,(H,30,32)/t26-/m1/s1. The molecule has 1 atom stereocenters. The van der Waals surface area contributed by atoms with Crippen LogP contribution in [0.1, 0.15) is 22.9 Å². The average molecular weight is 492 g/mol. The lowest BCUT2D eigenvalue weighted by molar-refractivity contribution is 0.193. The molecular formula is C27H26ClN3O4. The van der Waals surface area contributed by atoms with Gasteiger partial charge in [0.15, 0.2) is 0 Å². The maximum absolute atomic E-state index is 13.6. The van der Waals surface area contributed by atoms with E-state index in [1.807, 2.05) is 47.4 Å². The van der Waals surface area contributed by atoms with Gasteiger partial charge in [-0.1, -0.05) is 23.7 Å². The minimum absolute atomic E-state index is 0.242. The molecule has 0 bridgehead atoms. The van der Waals surface area contributed by atoms with Crippen LogP contribution in [0.5, 0.6) is 17.2 Å². The Bertz CT molecular complexity index is 1380. The molecule has 5 rings (SSSR count). The molecule has 2 amide bonds. The molecule has 1 aliphatic rings. The van der Waals surface area contributed by atoms with E-state index in [9.17, 15) is 4.79 Å². The van der Waals surface area contributed by atoms with Crippen molar-refractivity contribution in [1.29, 1.82) is 0 Å². The lowest BCUT2D eigenvalue weighted by Crippen LogP contribution is -2.43. The second-order valence-electron chi connectivity index (χ2n) is 8.32. The van der Waals surface area contributed by atoms with Crippen molar-refractivity contribution in [2.24, 2.45) is 0 Å². The van der Waals surface area contributed by atoms with Gasteiger partial charge in [0.25, 0.3) is 0 Å². The Labute approximate surface area is 208 Å². The zero-order valence-electron chi connectivity index (χ0n) is 19.7. The van der Waals surface area contributed by atoms with Crippen LogP contribution < -0.4 is 19.5 Å². The van der Waals surface area contributed by atoms with Crippen molar-refractivity contribution in [1.82, 2.24) is 9.88 Å². The Balaban J connectivity index is 1.58. The van der Waals surface area contributed by atoms with Gasteiger partial charge < -0.3 is 29.4 Å². The minimum atomic E-state index is -0.326. The van der Waals surface area contributed by atoms with E-state index in [0.29, 0.717) is 29.4 Å². The van der Waals surface area contributed by atoms with E-state index in [2.05, 4.69) is 10.3 Å². The molecule has 0 saturated carbocycles. The van der Waals surface area contributed by atoms with Crippen molar-refractivity contribution in [2.45, 2.75) is 12.5 Å². The van der Waals surface area contributed by atoms with Crippen LogP contribution in [0.2, 0.25) is 5.02 Å². The molecule has 0 spiro atoms. The van der Waals surface area contributed by atoms with Gasteiger partial charge >= 0.3 is 6.03 Å². The van der Waals surface area contributed by atoms with Crippen molar-refractivity contribution < 1.29 is 19.0 Å². The number of nitrogens with one attached hydrogen (secondary N) is 2. The van der Waals surface area contributed by atoms with E-state index in [4.69, 9.17) is 25.8 Å². The Morgan fingerprint density at radius 3 is 2.43 bits per heavy atom. The monoisotopic (exact) mass is 491 g/mol. The third-order valence-corrected chi connectivity index (χ3v) is 6.66. The normalized spacial score (nSPS) is 15.0. The summed E-state index contributed by atoms with van der Waals surface area (Å²) < 4.78 is 16.2. The number of hydrogen-bond acceptors (Lipinski definition) is 4. The summed E-state index contributed by atoms with van der Waals surface area (Å²) in [5, 5.41) is 4.61. The highest BCUT2D eigenvalue weighted by Gasteiger charge is 2.35.